The van der Waals surface area contributed by atoms with Crippen LogP contribution in [0.2, 0.25) is 0 Å². The number of hydrogen-bond acceptors (Lipinski definition) is 6. The smallest absolute Gasteiger partial charge is 0.243 e. The molecule has 1 amide bonds. The van der Waals surface area contributed by atoms with Crippen molar-refractivity contribution in [1.29, 1.82) is 0 Å². The van der Waals surface area contributed by atoms with Gasteiger partial charge in [-0.3, -0.25) is 4.79 Å². The van der Waals surface area contributed by atoms with Gasteiger partial charge in [0.1, 0.15) is 4.38 Å². The highest BCUT2D eigenvalue weighted by atomic mass is 32.2. The number of carbonyl (C=O) groups is 1. The first kappa shape index (κ1) is 22.0. The summed E-state index contributed by atoms with van der Waals surface area (Å²) in [5, 5.41) is 0. The Bertz CT molecular complexity index is 1170. The molecule has 0 saturated carbocycles. The summed E-state index contributed by atoms with van der Waals surface area (Å²) in [4.78, 5) is 19.7. The normalized spacial score (nSPS) is 18.8. The fraction of sp³-hybridized carbons (Fsp3) is 0.391. The molecule has 0 bridgehead atoms. The van der Waals surface area contributed by atoms with Crippen molar-refractivity contribution in [3.8, 4) is 0 Å². The third-order valence-electron chi connectivity index (χ3n) is 6.07. The molecule has 9 heteroatoms. The van der Waals surface area contributed by atoms with Crippen LogP contribution in [0.15, 0.2) is 52.4 Å². The Labute approximate surface area is 197 Å². The molecule has 2 aromatic carbocycles. The van der Waals surface area contributed by atoms with Gasteiger partial charge < -0.3 is 4.90 Å². The molecule has 1 fully saturated rings. The Balaban J connectivity index is 1.26. The number of hydrogen-bond donors (Lipinski definition) is 0. The van der Waals surface area contributed by atoms with Gasteiger partial charge in [0.2, 0.25) is 15.9 Å². The number of benzene rings is 2. The van der Waals surface area contributed by atoms with Crippen molar-refractivity contribution in [2.24, 2.45) is 4.99 Å². The molecular formula is C23H25N3O3S3. The number of aliphatic imine (C=N–C) groups is 1. The number of rotatable bonds is 4. The van der Waals surface area contributed by atoms with Crippen LogP contribution in [0.25, 0.3) is 0 Å². The zero-order valence-electron chi connectivity index (χ0n) is 17.7. The number of amides is 1. The van der Waals surface area contributed by atoms with Crippen LogP contribution in [0.4, 0.5) is 11.4 Å². The first-order chi connectivity index (χ1) is 15.5. The van der Waals surface area contributed by atoms with E-state index in [-0.39, 0.29) is 5.91 Å². The first-order valence-corrected chi connectivity index (χ1v) is 14.3. The predicted molar refractivity (Wildman–Crippen MR) is 132 cm³/mol. The van der Waals surface area contributed by atoms with Crippen LogP contribution in [0.3, 0.4) is 0 Å². The number of sulfonamides is 1. The maximum absolute atomic E-state index is 13.0. The number of piperidine rings is 1. The highest BCUT2D eigenvalue weighted by molar-refractivity contribution is 8.38. The lowest BCUT2D eigenvalue weighted by molar-refractivity contribution is -0.116. The Morgan fingerprint density at radius 3 is 2.69 bits per heavy atom. The van der Waals surface area contributed by atoms with E-state index in [0.29, 0.717) is 36.7 Å². The molecule has 5 rings (SSSR count). The lowest BCUT2D eigenvalue weighted by Gasteiger charge is -2.26. The summed E-state index contributed by atoms with van der Waals surface area (Å²) in [6.45, 7) is 1.77. The molecule has 168 valence electrons. The van der Waals surface area contributed by atoms with Crippen molar-refractivity contribution in [2.75, 3.05) is 30.3 Å². The Morgan fingerprint density at radius 2 is 1.84 bits per heavy atom. The van der Waals surface area contributed by atoms with Gasteiger partial charge >= 0.3 is 0 Å². The summed E-state index contributed by atoms with van der Waals surface area (Å²) in [5.41, 5.74) is 3.96. The zero-order valence-corrected chi connectivity index (χ0v) is 20.1. The number of nitrogens with zero attached hydrogens (tertiary/aromatic N) is 3. The van der Waals surface area contributed by atoms with Crippen molar-refractivity contribution in [1.82, 2.24) is 4.31 Å². The quantitative estimate of drug-likeness (QED) is 0.639. The largest absolute Gasteiger partial charge is 0.311 e. The second-order valence-electron chi connectivity index (χ2n) is 8.13. The molecule has 0 radical (unpaired) electrons. The lowest BCUT2D eigenvalue weighted by atomic mass is 10.2. The molecule has 0 aliphatic carbocycles. The fourth-order valence-electron chi connectivity index (χ4n) is 4.34. The summed E-state index contributed by atoms with van der Waals surface area (Å²) in [6, 6.07) is 13.3. The Hall–Kier alpha value is -1.81. The second-order valence-corrected chi connectivity index (χ2v) is 12.3. The Morgan fingerprint density at radius 1 is 1.03 bits per heavy atom. The Kier molecular flexibility index (Phi) is 6.33. The van der Waals surface area contributed by atoms with Gasteiger partial charge in [0.25, 0.3) is 0 Å². The van der Waals surface area contributed by atoms with E-state index in [4.69, 9.17) is 0 Å². The van der Waals surface area contributed by atoms with Crippen LogP contribution in [-0.4, -0.2) is 48.4 Å². The highest BCUT2D eigenvalue weighted by Gasteiger charge is 2.30. The van der Waals surface area contributed by atoms with E-state index < -0.39 is 10.0 Å². The van der Waals surface area contributed by atoms with Crippen LogP contribution >= 0.6 is 23.5 Å². The molecule has 32 heavy (non-hydrogen) atoms. The van der Waals surface area contributed by atoms with E-state index in [1.807, 2.05) is 18.2 Å². The number of fused-ring (bicyclic) bond motifs is 2. The summed E-state index contributed by atoms with van der Waals surface area (Å²) in [7, 11) is -3.46. The van der Waals surface area contributed by atoms with E-state index in [2.05, 4.69) is 11.1 Å². The molecule has 2 aromatic rings. The molecular weight excluding hydrogens is 462 g/mol. The summed E-state index contributed by atoms with van der Waals surface area (Å²) >= 11 is 3.14. The van der Waals surface area contributed by atoms with Gasteiger partial charge in [-0.15, -0.1) is 0 Å². The van der Waals surface area contributed by atoms with Crippen molar-refractivity contribution in [3.05, 3.63) is 53.6 Å². The van der Waals surface area contributed by atoms with Gasteiger partial charge in [-0.05, 0) is 54.7 Å². The zero-order chi connectivity index (χ0) is 22.1. The third kappa shape index (κ3) is 4.35. The number of anilines is 1. The number of thioether (sulfide) groups is 2. The van der Waals surface area contributed by atoms with E-state index >= 15 is 0 Å². The molecule has 6 nitrogen and oxygen atoms in total. The monoisotopic (exact) mass is 487 g/mol. The molecule has 1 saturated heterocycles. The van der Waals surface area contributed by atoms with E-state index in [1.54, 1.807) is 39.2 Å². The fourth-order valence-corrected chi connectivity index (χ4v) is 7.85. The lowest BCUT2D eigenvalue weighted by Crippen LogP contribution is -2.35. The molecule has 0 atom stereocenters. The van der Waals surface area contributed by atoms with Gasteiger partial charge in [-0.25, -0.2) is 13.4 Å². The van der Waals surface area contributed by atoms with Gasteiger partial charge in [-0.1, -0.05) is 48.1 Å². The van der Waals surface area contributed by atoms with E-state index in [1.165, 1.54) is 17.3 Å². The minimum Gasteiger partial charge on any atom is -0.311 e. The first-order valence-electron chi connectivity index (χ1n) is 10.9. The topological polar surface area (TPSA) is 70.0 Å². The van der Waals surface area contributed by atoms with E-state index in [0.717, 1.165) is 46.3 Å². The van der Waals surface area contributed by atoms with Crippen molar-refractivity contribution >= 4 is 55.2 Å². The maximum Gasteiger partial charge on any atom is 0.243 e. The van der Waals surface area contributed by atoms with Crippen LogP contribution < -0.4 is 4.90 Å². The van der Waals surface area contributed by atoms with Crippen LogP contribution in [0, 0.1) is 0 Å². The summed E-state index contributed by atoms with van der Waals surface area (Å²) < 4.78 is 28.5. The summed E-state index contributed by atoms with van der Waals surface area (Å²) in [6.07, 6.45) is 3.60. The van der Waals surface area contributed by atoms with Crippen molar-refractivity contribution in [3.63, 3.8) is 0 Å². The maximum atomic E-state index is 13.0. The van der Waals surface area contributed by atoms with Gasteiger partial charge in [0.05, 0.1) is 16.3 Å². The average Bonchev–Trinajstić information content (AvgIpc) is 3.26. The number of carbonyl (C=O) groups excluding carboxylic acids is 1. The minimum atomic E-state index is -3.46. The second kappa shape index (κ2) is 9.21. The van der Waals surface area contributed by atoms with Gasteiger partial charge in [0.15, 0.2) is 0 Å². The molecule has 3 aliphatic rings. The van der Waals surface area contributed by atoms with Crippen LogP contribution in [-0.2, 0) is 27.0 Å². The molecule has 0 spiro atoms. The molecule has 0 unspecified atom stereocenters. The van der Waals surface area contributed by atoms with Crippen LogP contribution in [0.1, 0.15) is 30.4 Å². The highest BCUT2D eigenvalue weighted by Crippen LogP contribution is 2.36. The predicted octanol–water partition coefficient (Wildman–Crippen LogP) is 4.42. The molecule has 0 aromatic heterocycles. The van der Waals surface area contributed by atoms with Gasteiger partial charge in [-0.2, -0.15) is 4.31 Å². The van der Waals surface area contributed by atoms with Crippen molar-refractivity contribution in [2.45, 2.75) is 36.3 Å². The SMILES string of the molecule is O=C(CSC1=Nc2ccccc2CS1)N1CCc2cc(S(=O)(=O)N3CCCCC3)ccc21. The summed E-state index contributed by atoms with van der Waals surface area (Å²) in [5.74, 6) is 1.22. The average molecular weight is 488 g/mol. The van der Waals surface area contributed by atoms with Crippen LogP contribution in [0.5, 0.6) is 0 Å². The standard InChI is InChI=1S/C23H25N3O3S3/c27-22(16-31-23-24-20-7-3-2-6-18(20)15-30-23)26-13-10-17-14-19(8-9-21(17)26)32(28,29)25-11-4-1-5-12-25/h2-3,6-9,14H,1,4-5,10-13,15-16H2. The van der Waals surface area contributed by atoms with Gasteiger partial charge in [0, 0.05) is 31.1 Å². The third-order valence-corrected chi connectivity index (χ3v) is 10.2. The minimum absolute atomic E-state index is 0.0301. The molecule has 3 aliphatic heterocycles. The molecule has 3 heterocycles. The number of para-hydroxylation sites is 1. The van der Waals surface area contributed by atoms with Crippen molar-refractivity contribution < 1.29 is 13.2 Å². The van der Waals surface area contributed by atoms with E-state index in [9.17, 15) is 13.2 Å². The molecule has 0 N–H and O–H groups in total.